The highest BCUT2D eigenvalue weighted by Gasteiger charge is 2.11. The van der Waals surface area contributed by atoms with Crippen LogP contribution in [0, 0.1) is 0 Å². The van der Waals surface area contributed by atoms with Crippen LogP contribution in [0.25, 0.3) is 0 Å². The van der Waals surface area contributed by atoms with Crippen molar-refractivity contribution in [3.8, 4) is 0 Å². The van der Waals surface area contributed by atoms with Crippen LogP contribution in [0.2, 0.25) is 0 Å². The Morgan fingerprint density at radius 3 is 2.78 bits per heavy atom. The van der Waals surface area contributed by atoms with Gasteiger partial charge in [-0.3, -0.25) is 4.68 Å². The molecule has 0 aliphatic rings. The fourth-order valence-corrected chi connectivity index (χ4v) is 2.60. The first-order chi connectivity index (χ1) is 8.70. The van der Waals surface area contributed by atoms with Crippen molar-refractivity contribution in [1.82, 2.24) is 15.1 Å². The lowest BCUT2D eigenvalue weighted by Gasteiger charge is -2.18. The second-order valence-corrected chi connectivity index (χ2v) is 5.24. The average molecular weight is 308 g/mol. The van der Waals surface area contributed by atoms with E-state index >= 15 is 0 Å². The SMILES string of the molecule is CCC(NCc1cnn(C)c1)c1ccccc1Br. The molecule has 18 heavy (non-hydrogen) atoms. The Morgan fingerprint density at radius 1 is 1.39 bits per heavy atom. The van der Waals surface area contributed by atoms with Crippen LogP contribution in [-0.4, -0.2) is 9.78 Å². The van der Waals surface area contributed by atoms with Crippen molar-refractivity contribution in [2.75, 3.05) is 0 Å². The van der Waals surface area contributed by atoms with E-state index in [4.69, 9.17) is 0 Å². The summed E-state index contributed by atoms with van der Waals surface area (Å²) in [5, 5.41) is 7.75. The summed E-state index contributed by atoms with van der Waals surface area (Å²) >= 11 is 3.61. The molecule has 0 saturated carbocycles. The first-order valence-electron chi connectivity index (χ1n) is 6.16. The molecule has 1 N–H and O–H groups in total. The first kappa shape index (κ1) is 13.3. The molecule has 96 valence electrons. The Labute approximate surface area is 116 Å². The van der Waals surface area contributed by atoms with Gasteiger partial charge in [0.25, 0.3) is 0 Å². The molecular weight excluding hydrogens is 290 g/mol. The molecule has 0 spiro atoms. The average Bonchev–Trinajstić information content (AvgIpc) is 2.78. The number of halogens is 1. The van der Waals surface area contributed by atoms with Crippen molar-refractivity contribution in [3.63, 3.8) is 0 Å². The van der Waals surface area contributed by atoms with E-state index in [1.807, 2.05) is 30.2 Å². The van der Waals surface area contributed by atoms with Crippen LogP contribution >= 0.6 is 15.9 Å². The van der Waals surface area contributed by atoms with Gasteiger partial charge in [-0.25, -0.2) is 0 Å². The summed E-state index contributed by atoms with van der Waals surface area (Å²) in [7, 11) is 1.94. The summed E-state index contributed by atoms with van der Waals surface area (Å²) in [5.74, 6) is 0. The van der Waals surface area contributed by atoms with Crippen molar-refractivity contribution in [3.05, 3.63) is 52.3 Å². The molecule has 0 fully saturated rings. The molecule has 1 atom stereocenters. The van der Waals surface area contributed by atoms with Gasteiger partial charge in [0.2, 0.25) is 0 Å². The smallest absolute Gasteiger partial charge is 0.0534 e. The molecule has 0 aliphatic carbocycles. The molecule has 1 aromatic heterocycles. The Kier molecular flexibility index (Phi) is 4.55. The first-order valence-corrected chi connectivity index (χ1v) is 6.95. The zero-order valence-corrected chi connectivity index (χ0v) is 12.3. The van der Waals surface area contributed by atoms with Gasteiger partial charge in [-0.05, 0) is 18.1 Å². The molecule has 0 saturated heterocycles. The molecule has 2 rings (SSSR count). The fourth-order valence-electron chi connectivity index (χ4n) is 2.04. The number of nitrogens with zero attached hydrogens (tertiary/aromatic N) is 2. The lowest BCUT2D eigenvalue weighted by molar-refractivity contribution is 0.517. The quantitative estimate of drug-likeness (QED) is 0.917. The Bertz CT molecular complexity index is 507. The Morgan fingerprint density at radius 2 is 2.17 bits per heavy atom. The molecule has 0 radical (unpaired) electrons. The molecule has 4 heteroatoms. The Hall–Kier alpha value is -1.13. The van der Waals surface area contributed by atoms with Crippen LogP contribution in [0.4, 0.5) is 0 Å². The summed E-state index contributed by atoms with van der Waals surface area (Å²) in [4.78, 5) is 0. The van der Waals surface area contributed by atoms with Crippen molar-refractivity contribution < 1.29 is 0 Å². The van der Waals surface area contributed by atoms with E-state index in [0.717, 1.165) is 17.4 Å². The number of aryl methyl sites for hydroxylation is 1. The maximum Gasteiger partial charge on any atom is 0.0534 e. The maximum atomic E-state index is 4.18. The van der Waals surface area contributed by atoms with Gasteiger partial charge >= 0.3 is 0 Å². The third-order valence-electron chi connectivity index (χ3n) is 3.00. The number of rotatable bonds is 5. The van der Waals surface area contributed by atoms with E-state index in [9.17, 15) is 0 Å². The van der Waals surface area contributed by atoms with Crippen LogP contribution in [-0.2, 0) is 13.6 Å². The molecule has 0 amide bonds. The van der Waals surface area contributed by atoms with E-state index in [1.165, 1.54) is 11.1 Å². The Balaban J connectivity index is 2.04. The topological polar surface area (TPSA) is 29.9 Å². The van der Waals surface area contributed by atoms with Crippen LogP contribution in [0.5, 0.6) is 0 Å². The van der Waals surface area contributed by atoms with Gasteiger partial charge in [0.15, 0.2) is 0 Å². The van der Waals surface area contributed by atoms with Crippen molar-refractivity contribution in [2.24, 2.45) is 7.05 Å². The van der Waals surface area contributed by atoms with Crippen LogP contribution < -0.4 is 5.32 Å². The normalized spacial score (nSPS) is 12.6. The second-order valence-electron chi connectivity index (χ2n) is 4.39. The van der Waals surface area contributed by atoms with Gasteiger partial charge < -0.3 is 5.32 Å². The van der Waals surface area contributed by atoms with E-state index in [2.05, 4.69) is 51.5 Å². The highest BCUT2D eigenvalue weighted by atomic mass is 79.9. The third kappa shape index (κ3) is 3.21. The van der Waals surface area contributed by atoms with Gasteiger partial charge in [0.1, 0.15) is 0 Å². The predicted octanol–water partition coefficient (Wildman–Crippen LogP) is 3.42. The largest absolute Gasteiger partial charge is 0.306 e. The minimum absolute atomic E-state index is 0.362. The monoisotopic (exact) mass is 307 g/mol. The molecule has 0 bridgehead atoms. The lowest BCUT2D eigenvalue weighted by Crippen LogP contribution is -2.20. The summed E-state index contributed by atoms with van der Waals surface area (Å²) in [6, 6.07) is 8.73. The summed E-state index contributed by atoms with van der Waals surface area (Å²) < 4.78 is 2.99. The molecule has 3 nitrogen and oxygen atoms in total. The number of hydrogen-bond acceptors (Lipinski definition) is 2. The highest BCUT2D eigenvalue weighted by Crippen LogP contribution is 2.25. The van der Waals surface area contributed by atoms with Gasteiger partial charge in [0, 0.05) is 35.9 Å². The van der Waals surface area contributed by atoms with Crippen LogP contribution in [0.1, 0.15) is 30.5 Å². The van der Waals surface area contributed by atoms with Crippen LogP contribution in [0.15, 0.2) is 41.1 Å². The van der Waals surface area contributed by atoms with E-state index < -0.39 is 0 Å². The van der Waals surface area contributed by atoms with E-state index in [-0.39, 0.29) is 0 Å². The second kappa shape index (κ2) is 6.16. The van der Waals surface area contributed by atoms with E-state index in [1.54, 1.807) is 0 Å². The molecule has 2 aromatic rings. The number of aromatic nitrogens is 2. The number of nitrogens with one attached hydrogen (secondary N) is 1. The zero-order chi connectivity index (χ0) is 13.0. The van der Waals surface area contributed by atoms with Gasteiger partial charge in [0.05, 0.1) is 6.20 Å². The highest BCUT2D eigenvalue weighted by molar-refractivity contribution is 9.10. The van der Waals surface area contributed by atoms with Gasteiger partial charge in [-0.2, -0.15) is 5.10 Å². The third-order valence-corrected chi connectivity index (χ3v) is 3.72. The minimum atomic E-state index is 0.362. The standard InChI is InChI=1S/C14H18BrN3/c1-3-14(12-6-4-5-7-13(12)15)16-8-11-9-17-18(2)10-11/h4-7,9-10,14,16H,3,8H2,1-2H3. The van der Waals surface area contributed by atoms with Crippen molar-refractivity contribution in [2.45, 2.75) is 25.9 Å². The fraction of sp³-hybridized carbons (Fsp3) is 0.357. The molecular formula is C14H18BrN3. The zero-order valence-electron chi connectivity index (χ0n) is 10.7. The van der Waals surface area contributed by atoms with Crippen molar-refractivity contribution in [1.29, 1.82) is 0 Å². The molecule has 0 aliphatic heterocycles. The van der Waals surface area contributed by atoms with Gasteiger partial charge in [-0.1, -0.05) is 41.1 Å². The number of benzene rings is 1. The molecule has 1 aromatic carbocycles. The van der Waals surface area contributed by atoms with E-state index in [0.29, 0.717) is 6.04 Å². The molecule has 1 unspecified atom stereocenters. The molecule has 1 heterocycles. The summed E-state index contributed by atoms with van der Waals surface area (Å²) in [6.45, 7) is 3.04. The number of hydrogen-bond donors (Lipinski definition) is 1. The van der Waals surface area contributed by atoms with Crippen molar-refractivity contribution >= 4 is 15.9 Å². The lowest BCUT2D eigenvalue weighted by atomic mass is 10.0. The van der Waals surface area contributed by atoms with Crippen LogP contribution in [0.3, 0.4) is 0 Å². The maximum absolute atomic E-state index is 4.18. The predicted molar refractivity (Wildman–Crippen MR) is 77.2 cm³/mol. The summed E-state index contributed by atoms with van der Waals surface area (Å²) in [5.41, 5.74) is 2.52. The van der Waals surface area contributed by atoms with Gasteiger partial charge in [-0.15, -0.1) is 0 Å². The summed E-state index contributed by atoms with van der Waals surface area (Å²) in [6.07, 6.45) is 5.00. The minimum Gasteiger partial charge on any atom is -0.306 e.